The molecule has 9 heteroatoms. The fraction of sp³-hybridized carbons (Fsp3) is 0.444. The van der Waals surface area contributed by atoms with Crippen molar-refractivity contribution in [3.05, 3.63) is 34.3 Å². The zero-order valence-corrected chi connectivity index (χ0v) is 16.6. The number of halogens is 1. The number of hydrogen-bond acceptors (Lipinski definition) is 8. The molecule has 1 N–H and O–H groups in total. The Labute approximate surface area is 166 Å². The number of benzene rings is 1. The molecule has 27 heavy (non-hydrogen) atoms. The minimum Gasteiger partial charge on any atom is -0.378 e. The van der Waals surface area contributed by atoms with E-state index in [9.17, 15) is 0 Å². The van der Waals surface area contributed by atoms with Gasteiger partial charge in [-0.1, -0.05) is 28.1 Å². The Morgan fingerprint density at radius 3 is 2.22 bits per heavy atom. The van der Waals surface area contributed by atoms with Crippen LogP contribution in [0.1, 0.15) is 18.4 Å². The van der Waals surface area contributed by atoms with E-state index in [-0.39, 0.29) is 0 Å². The molecule has 0 aliphatic carbocycles. The van der Waals surface area contributed by atoms with Crippen molar-refractivity contribution in [1.29, 1.82) is 0 Å². The minimum atomic E-state index is 0.460. The first-order chi connectivity index (χ1) is 13.3. The molecular formula is C18H22BrN7O. The van der Waals surface area contributed by atoms with E-state index in [0.29, 0.717) is 31.1 Å². The zero-order chi connectivity index (χ0) is 18.5. The molecule has 4 rings (SSSR count). The smallest absolute Gasteiger partial charge is 0.250 e. The van der Waals surface area contributed by atoms with E-state index in [1.54, 1.807) is 6.21 Å². The number of nitrogens with one attached hydrogen (secondary N) is 1. The predicted molar refractivity (Wildman–Crippen MR) is 110 cm³/mol. The van der Waals surface area contributed by atoms with E-state index in [1.807, 2.05) is 24.3 Å². The molecule has 2 saturated heterocycles. The van der Waals surface area contributed by atoms with Crippen molar-refractivity contribution < 1.29 is 4.74 Å². The lowest BCUT2D eigenvalue weighted by molar-refractivity contribution is 0.122. The SMILES string of the molecule is Brc1ccc(C=NNc2nc(N3CCCC3)nc(N3CCOCC3)n2)cc1. The maximum Gasteiger partial charge on any atom is 0.250 e. The van der Waals surface area contributed by atoms with E-state index in [2.05, 4.69) is 46.2 Å². The van der Waals surface area contributed by atoms with Gasteiger partial charge in [-0.3, -0.25) is 0 Å². The van der Waals surface area contributed by atoms with Gasteiger partial charge in [-0.25, -0.2) is 5.43 Å². The van der Waals surface area contributed by atoms with Gasteiger partial charge in [0.15, 0.2) is 0 Å². The second-order valence-electron chi connectivity index (χ2n) is 6.47. The highest BCUT2D eigenvalue weighted by molar-refractivity contribution is 9.10. The van der Waals surface area contributed by atoms with E-state index < -0.39 is 0 Å². The van der Waals surface area contributed by atoms with Crippen molar-refractivity contribution in [2.75, 3.05) is 54.6 Å². The standard InChI is InChI=1S/C18H22BrN7O/c19-15-5-3-14(4-6-15)13-20-24-16-21-17(25-7-1-2-8-25)23-18(22-16)26-9-11-27-12-10-26/h3-6,13H,1-2,7-12H2,(H,21,22,23,24). The summed E-state index contributed by atoms with van der Waals surface area (Å²) in [5, 5.41) is 4.29. The third-order valence-corrected chi connectivity index (χ3v) is 5.07. The fourth-order valence-corrected chi connectivity index (χ4v) is 3.34. The summed E-state index contributed by atoms with van der Waals surface area (Å²) >= 11 is 3.43. The summed E-state index contributed by atoms with van der Waals surface area (Å²) in [6.45, 7) is 4.91. The zero-order valence-electron chi connectivity index (χ0n) is 15.0. The van der Waals surface area contributed by atoms with Crippen LogP contribution < -0.4 is 15.2 Å². The Bertz CT molecular complexity index is 787. The highest BCUT2D eigenvalue weighted by Gasteiger charge is 2.21. The average Bonchev–Trinajstić information content (AvgIpc) is 3.25. The first kappa shape index (κ1) is 18.1. The van der Waals surface area contributed by atoms with Gasteiger partial charge in [0, 0.05) is 30.7 Å². The van der Waals surface area contributed by atoms with Crippen LogP contribution in [-0.2, 0) is 4.74 Å². The first-order valence-corrected chi connectivity index (χ1v) is 9.95. The van der Waals surface area contributed by atoms with Gasteiger partial charge in [0.25, 0.3) is 0 Å². The third-order valence-electron chi connectivity index (χ3n) is 4.54. The van der Waals surface area contributed by atoms with Crippen LogP contribution in [0.25, 0.3) is 0 Å². The summed E-state index contributed by atoms with van der Waals surface area (Å²) in [5.41, 5.74) is 3.96. The number of aromatic nitrogens is 3. The van der Waals surface area contributed by atoms with Crippen molar-refractivity contribution in [1.82, 2.24) is 15.0 Å². The topological polar surface area (TPSA) is 78.8 Å². The Kier molecular flexibility index (Phi) is 5.78. The van der Waals surface area contributed by atoms with Gasteiger partial charge in [0.05, 0.1) is 19.4 Å². The van der Waals surface area contributed by atoms with Gasteiger partial charge < -0.3 is 14.5 Å². The van der Waals surface area contributed by atoms with Gasteiger partial charge in [0.1, 0.15) is 0 Å². The van der Waals surface area contributed by atoms with Crippen LogP contribution in [0.4, 0.5) is 17.8 Å². The molecule has 142 valence electrons. The Morgan fingerprint density at radius 1 is 0.926 bits per heavy atom. The van der Waals surface area contributed by atoms with Crippen LogP contribution in [0.15, 0.2) is 33.8 Å². The summed E-state index contributed by atoms with van der Waals surface area (Å²) in [6, 6.07) is 7.92. The Morgan fingerprint density at radius 2 is 1.56 bits per heavy atom. The number of ether oxygens (including phenoxy) is 1. The number of hydrazone groups is 1. The van der Waals surface area contributed by atoms with Gasteiger partial charge in [-0.2, -0.15) is 20.1 Å². The number of nitrogens with zero attached hydrogens (tertiary/aromatic N) is 6. The Balaban J connectivity index is 1.54. The summed E-state index contributed by atoms with van der Waals surface area (Å²) in [4.78, 5) is 18.2. The normalized spacial score (nSPS) is 17.7. The van der Waals surface area contributed by atoms with Crippen molar-refractivity contribution in [2.24, 2.45) is 5.10 Å². The second-order valence-corrected chi connectivity index (χ2v) is 7.39. The van der Waals surface area contributed by atoms with Crippen LogP contribution in [0.5, 0.6) is 0 Å². The lowest BCUT2D eigenvalue weighted by atomic mass is 10.2. The quantitative estimate of drug-likeness (QED) is 0.575. The van der Waals surface area contributed by atoms with Crippen LogP contribution in [0.2, 0.25) is 0 Å². The predicted octanol–water partition coefficient (Wildman–Crippen LogP) is 2.52. The van der Waals surface area contributed by atoms with Gasteiger partial charge in [0.2, 0.25) is 17.8 Å². The van der Waals surface area contributed by atoms with Gasteiger partial charge in [-0.05, 0) is 30.5 Å². The Hall–Kier alpha value is -2.26. The van der Waals surface area contributed by atoms with Crippen molar-refractivity contribution in [2.45, 2.75) is 12.8 Å². The second kappa shape index (κ2) is 8.62. The summed E-state index contributed by atoms with van der Waals surface area (Å²) < 4.78 is 6.48. The molecule has 0 spiro atoms. The summed E-state index contributed by atoms with van der Waals surface area (Å²) in [5.74, 6) is 1.85. The molecular weight excluding hydrogens is 410 g/mol. The molecule has 2 fully saturated rings. The molecule has 2 aliphatic rings. The molecule has 0 unspecified atom stereocenters. The summed E-state index contributed by atoms with van der Waals surface area (Å²) in [6.07, 6.45) is 4.09. The largest absolute Gasteiger partial charge is 0.378 e. The number of hydrogen-bond donors (Lipinski definition) is 1. The molecule has 0 bridgehead atoms. The molecule has 0 atom stereocenters. The highest BCUT2D eigenvalue weighted by Crippen LogP contribution is 2.21. The van der Waals surface area contributed by atoms with Gasteiger partial charge in [-0.15, -0.1) is 0 Å². The van der Waals surface area contributed by atoms with E-state index >= 15 is 0 Å². The monoisotopic (exact) mass is 431 g/mol. The molecule has 2 aliphatic heterocycles. The molecule has 8 nitrogen and oxygen atoms in total. The van der Waals surface area contributed by atoms with Crippen LogP contribution in [-0.4, -0.2) is 60.6 Å². The van der Waals surface area contributed by atoms with E-state index in [1.165, 1.54) is 12.8 Å². The number of rotatable bonds is 5. The maximum atomic E-state index is 5.44. The average molecular weight is 432 g/mol. The van der Waals surface area contributed by atoms with Crippen LogP contribution >= 0.6 is 15.9 Å². The molecule has 0 saturated carbocycles. The van der Waals surface area contributed by atoms with Crippen LogP contribution in [0.3, 0.4) is 0 Å². The molecule has 1 aromatic heterocycles. The minimum absolute atomic E-state index is 0.460. The van der Waals surface area contributed by atoms with Crippen molar-refractivity contribution >= 4 is 40.0 Å². The molecule has 2 aromatic rings. The first-order valence-electron chi connectivity index (χ1n) is 9.16. The van der Waals surface area contributed by atoms with E-state index in [0.717, 1.165) is 36.2 Å². The van der Waals surface area contributed by atoms with Crippen molar-refractivity contribution in [3.63, 3.8) is 0 Å². The lowest BCUT2D eigenvalue weighted by Gasteiger charge is -2.27. The lowest BCUT2D eigenvalue weighted by Crippen LogP contribution is -2.38. The molecule has 3 heterocycles. The fourth-order valence-electron chi connectivity index (χ4n) is 3.08. The number of morpholine rings is 1. The third kappa shape index (κ3) is 4.72. The van der Waals surface area contributed by atoms with Crippen LogP contribution in [0, 0.1) is 0 Å². The molecule has 1 aromatic carbocycles. The number of anilines is 3. The van der Waals surface area contributed by atoms with E-state index in [4.69, 9.17) is 9.72 Å². The van der Waals surface area contributed by atoms with Gasteiger partial charge >= 0.3 is 0 Å². The molecule has 0 radical (unpaired) electrons. The highest BCUT2D eigenvalue weighted by atomic mass is 79.9. The maximum absolute atomic E-state index is 5.44. The van der Waals surface area contributed by atoms with Crippen molar-refractivity contribution in [3.8, 4) is 0 Å². The molecule has 0 amide bonds. The summed E-state index contributed by atoms with van der Waals surface area (Å²) in [7, 11) is 0.